The van der Waals surface area contributed by atoms with Crippen molar-refractivity contribution in [3.63, 3.8) is 0 Å². The van der Waals surface area contributed by atoms with Crippen molar-refractivity contribution in [1.29, 1.82) is 0 Å². The second kappa shape index (κ2) is 40.6. The molecular formula is C50H94O12S. The minimum absolute atomic E-state index is 0.170. The number of hydrogen-bond donors (Lipinski definition) is 4. The fourth-order valence-electron chi connectivity index (χ4n) is 8.09. The first kappa shape index (κ1) is 59.4. The van der Waals surface area contributed by atoms with E-state index >= 15 is 0 Å². The lowest BCUT2D eigenvalue weighted by Gasteiger charge is -2.40. The molecule has 1 fully saturated rings. The lowest BCUT2D eigenvalue weighted by atomic mass is 10.00. The van der Waals surface area contributed by atoms with Crippen LogP contribution in [0, 0.1) is 0 Å². The molecule has 1 rings (SSSR count). The van der Waals surface area contributed by atoms with Crippen molar-refractivity contribution < 1.29 is 56.8 Å². The van der Waals surface area contributed by atoms with Gasteiger partial charge >= 0.3 is 11.9 Å². The molecule has 1 aliphatic heterocycles. The Morgan fingerprint density at radius 1 is 0.524 bits per heavy atom. The van der Waals surface area contributed by atoms with Gasteiger partial charge in [-0.15, -0.1) is 0 Å². The number of unbranched alkanes of at least 4 members (excludes halogenated alkanes) is 30. The van der Waals surface area contributed by atoms with Crippen molar-refractivity contribution in [1.82, 2.24) is 0 Å². The van der Waals surface area contributed by atoms with E-state index in [4.69, 9.17) is 18.9 Å². The van der Waals surface area contributed by atoms with E-state index in [9.17, 15) is 37.9 Å². The third kappa shape index (κ3) is 35.3. The smallest absolute Gasteiger partial charge is 0.306 e. The molecule has 0 amide bonds. The van der Waals surface area contributed by atoms with Gasteiger partial charge in [0.2, 0.25) is 0 Å². The highest BCUT2D eigenvalue weighted by atomic mass is 32.2. The van der Waals surface area contributed by atoms with Gasteiger partial charge in [-0.25, -0.2) is 0 Å². The minimum atomic E-state index is -4.60. The topological polar surface area (TPSA) is 186 Å². The number of rotatable bonds is 44. The molecule has 0 bridgehead atoms. The zero-order valence-electron chi connectivity index (χ0n) is 40.0. The van der Waals surface area contributed by atoms with E-state index in [1.807, 2.05) is 0 Å². The largest absolute Gasteiger partial charge is 0.462 e. The number of allylic oxidation sites excluding steroid dienone is 2. The van der Waals surface area contributed by atoms with E-state index in [1.54, 1.807) is 0 Å². The van der Waals surface area contributed by atoms with Crippen LogP contribution in [0.2, 0.25) is 0 Å². The van der Waals surface area contributed by atoms with Gasteiger partial charge in [0, 0.05) is 12.8 Å². The average Bonchev–Trinajstić information content (AvgIpc) is 3.25. The molecule has 0 aromatic carbocycles. The summed E-state index contributed by atoms with van der Waals surface area (Å²) in [6, 6.07) is 0. The van der Waals surface area contributed by atoms with Crippen molar-refractivity contribution in [3.8, 4) is 0 Å². The molecule has 6 atom stereocenters. The molecule has 13 heteroatoms. The fourth-order valence-corrected chi connectivity index (χ4v) is 8.78. The molecule has 0 radical (unpaired) electrons. The number of ether oxygens (including phenoxy) is 4. The SMILES string of the molecule is CCCCCC/C=C/CCCCCCCCCCCC(=O)OC[C@H](CO[C@H]1O[C@H](CS(=O)(=O)O)[C@@H](O)C(O)C1O)OC(=O)CCCCCCCCCCCCCCCCCCCC. The van der Waals surface area contributed by atoms with Crippen molar-refractivity contribution in [2.45, 2.75) is 275 Å². The van der Waals surface area contributed by atoms with E-state index in [-0.39, 0.29) is 19.4 Å². The molecule has 4 N–H and O–H groups in total. The highest BCUT2D eigenvalue weighted by molar-refractivity contribution is 7.85. The third-order valence-electron chi connectivity index (χ3n) is 12.1. The van der Waals surface area contributed by atoms with Crippen molar-refractivity contribution in [3.05, 3.63) is 12.2 Å². The summed E-state index contributed by atoms with van der Waals surface area (Å²) in [4.78, 5) is 25.5. The second-order valence-electron chi connectivity index (χ2n) is 18.2. The summed E-state index contributed by atoms with van der Waals surface area (Å²) in [7, 11) is -4.60. The summed E-state index contributed by atoms with van der Waals surface area (Å²) in [5, 5.41) is 31.0. The van der Waals surface area contributed by atoms with Crippen molar-refractivity contribution in [2.75, 3.05) is 19.0 Å². The molecular weight excluding hydrogens is 825 g/mol. The van der Waals surface area contributed by atoms with Crippen LogP contribution in [-0.2, 0) is 38.7 Å². The molecule has 2 unspecified atom stereocenters. The Morgan fingerprint density at radius 3 is 1.33 bits per heavy atom. The molecule has 372 valence electrons. The van der Waals surface area contributed by atoms with Crippen LogP contribution < -0.4 is 0 Å². The molecule has 1 saturated heterocycles. The predicted molar refractivity (Wildman–Crippen MR) is 252 cm³/mol. The van der Waals surface area contributed by atoms with Crippen LogP contribution in [0.25, 0.3) is 0 Å². The third-order valence-corrected chi connectivity index (χ3v) is 12.8. The monoisotopic (exact) mass is 919 g/mol. The second-order valence-corrected chi connectivity index (χ2v) is 19.7. The number of aliphatic hydroxyl groups excluding tert-OH is 3. The zero-order valence-corrected chi connectivity index (χ0v) is 40.8. The van der Waals surface area contributed by atoms with Crippen LogP contribution in [0.3, 0.4) is 0 Å². The standard InChI is InChI=1S/C50H94O12S/c1-3-5-7-9-11-13-15-17-19-21-23-25-27-29-31-33-35-37-39-46(52)61-43(41-60-50-49(55)48(54)47(53)44(62-50)42-63(56,57)58)40-59-45(51)38-36-34-32-30-28-26-24-22-20-18-16-14-12-10-8-6-4-2/h14,16,43-44,47-50,53-55H,3-13,15,17-42H2,1-2H3,(H,56,57,58)/b16-14+/t43-,44-,47-,48?,49?,50+/m1/s1. The molecule has 63 heavy (non-hydrogen) atoms. The van der Waals surface area contributed by atoms with E-state index in [1.165, 1.54) is 161 Å². The van der Waals surface area contributed by atoms with Gasteiger partial charge in [0.05, 0.1) is 6.61 Å². The van der Waals surface area contributed by atoms with Gasteiger partial charge in [0.25, 0.3) is 10.1 Å². The van der Waals surface area contributed by atoms with Crippen LogP contribution >= 0.6 is 0 Å². The minimum Gasteiger partial charge on any atom is -0.462 e. The summed E-state index contributed by atoms with van der Waals surface area (Å²) in [6.45, 7) is 3.79. The van der Waals surface area contributed by atoms with Gasteiger partial charge < -0.3 is 34.3 Å². The lowest BCUT2D eigenvalue weighted by Crippen LogP contribution is -2.60. The molecule has 0 aromatic heterocycles. The summed E-state index contributed by atoms with van der Waals surface area (Å²) >= 11 is 0. The first-order chi connectivity index (χ1) is 30.5. The van der Waals surface area contributed by atoms with Crippen LogP contribution in [0.1, 0.15) is 239 Å². The Morgan fingerprint density at radius 2 is 0.905 bits per heavy atom. The summed E-state index contributed by atoms with van der Waals surface area (Å²) in [5.41, 5.74) is 0. The lowest BCUT2D eigenvalue weighted by molar-refractivity contribution is -0.297. The van der Waals surface area contributed by atoms with Crippen molar-refractivity contribution in [2.24, 2.45) is 0 Å². The number of carbonyl (C=O) groups is 2. The summed E-state index contributed by atoms with van der Waals surface area (Å²) < 4.78 is 54.2. The highest BCUT2D eigenvalue weighted by Crippen LogP contribution is 2.24. The maximum Gasteiger partial charge on any atom is 0.306 e. The molecule has 1 aliphatic rings. The molecule has 1 heterocycles. The molecule has 0 aromatic rings. The Hall–Kier alpha value is -1.61. The van der Waals surface area contributed by atoms with E-state index in [0.717, 1.165) is 38.5 Å². The number of carbonyl (C=O) groups excluding carboxylic acids is 2. The van der Waals surface area contributed by atoms with Gasteiger partial charge in [-0.3, -0.25) is 14.1 Å². The van der Waals surface area contributed by atoms with E-state index in [2.05, 4.69) is 26.0 Å². The maximum atomic E-state index is 12.9. The first-order valence-corrected chi connectivity index (χ1v) is 27.4. The quantitative estimate of drug-likeness (QED) is 0.0196. The number of hydrogen-bond acceptors (Lipinski definition) is 11. The molecule has 0 saturated carbocycles. The van der Waals surface area contributed by atoms with Gasteiger partial charge in [-0.2, -0.15) is 8.42 Å². The normalized spacial score (nSPS) is 19.7. The number of esters is 2. The van der Waals surface area contributed by atoms with Gasteiger partial charge in [-0.05, 0) is 38.5 Å². The van der Waals surface area contributed by atoms with Crippen LogP contribution in [-0.4, -0.2) is 96.0 Å². The predicted octanol–water partition coefficient (Wildman–Crippen LogP) is 11.4. The Bertz CT molecular complexity index is 1210. The highest BCUT2D eigenvalue weighted by Gasteiger charge is 2.46. The summed E-state index contributed by atoms with van der Waals surface area (Å²) in [5.74, 6) is -1.97. The van der Waals surface area contributed by atoms with E-state index < -0.39 is 71.2 Å². The molecule has 12 nitrogen and oxygen atoms in total. The fraction of sp³-hybridized carbons (Fsp3) is 0.920. The maximum absolute atomic E-state index is 12.9. The van der Waals surface area contributed by atoms with Gasteiger partial charge in [0.1, 0.15) is 36.8 Å². The Balaban J connectivity index is 2.37. The van der Waals surface area contributed by atoms with Crippen molar-refractivity contribution >= 4 is 22.1 Å². The van der Waals surface area contributed by atoms with Crippen LogP contribution in [0.5, 0.6) is 0 Å². The molecule has 0 aliphatic carbocycles. The zero-order chi connectivity index (χ0) is 46.2. The van der Waals surface area contributed by atoms with Gasteiger partial charge in [0.15, 0.2) is 12.4 Å². The molecule has 0 spiro atoms. The first-order valence-electron chi connectivity index (χ1n) is 25.7. The van der Waals surface area contributed by atoms with E-state index in [0.29, 0.717) is 12.8 Å². The average molecular weight is 919 g/mol. The summed E-state index contributed by atoms with van der Waals surface area (Å²) in [6.07, 6.45) is 35.3. The van der Waals surface area contributed by atoms with Gasteiger partial charge in [-0.1, -0.05) is 199 Å². The Kier molecular flexibility index (Phi) is 38.3. The van der Waals surface area contributed by atoms with Crippen LogP contribution in [0.4, 0.5) is 0 Å². The van der Waals surface area contributed by atoms with Crippen LogP contribution in [0.15, 0.2) is 12.2 Å². The number of aliphatic hydroxyl groups is 3. The Labute approximate surface area is 384 Å².